The van der Waals surface area contributed by atoms with Crippen LogP contribution in [0.4, 0.5) is 11.4 Å². The minimum atomic E-state index is -0.272. The van der Waals surface area contributed by atoms with Crippen molar-refractivity contribution in [3.05, 3.63) is 41.8 Å². The maximum absolute atomic E-state index is 12.7. The van der Waals surface area contributed by atoms with E-state index in [-0.39, 0.29) is 11.2 Å². The summed E-state index contributed by atoms with van der Waals surface area (Å²) in [5.41, 5.74) is 1.89. The second-order valence-corrected chi connectivity index (χ2v) is 9.33. The molecule has 0 aliphatic heterocycles. The minimum Gasteiger partial charge on any atom is -0.378 e. The Morgan fingerprint density at radius 2 is 2.00 bits per heavy atom. The van der Waals surface area contributed by atoms with Gasteiger partial charge in [0.1, 0.15) is 0 Å². The van der Waals surface area contributed by atoms with Crippen LogP contribution in [0.3, 0.4) is 0 Å². The fourth-order valence-corrected chi connectivity index (χ4v) is 4.52. The number of hydrogen-bond acceptors (Lipinski definition) is 6. The van der Waals surface area contributed by atoms with Gasteiger partial charge < -0.3 is 10.2 Å². The van der Waals surface area contributed by atoms with Crippen molar-refractivity contribution in [1.82, 2.24) is 14.8 Å². The number of anilines is 2. The number of amides is 1. The molecule has 1 atom stereocenters. The van der Waals surface area contributed by atoms with E-state index >= 15 is 0 Å². The van der Waals surface area contributed by atoms with E-state index in [2.05, 4.69) is 26.1 Å². The third-order valence-corrected chi connectivity index (χ3v) is 6.54. The highest BCUT2D eigenvalue weighted by molar-refractivity contribution is 8.00. The molecular weight excluding hydrogens is 390 g/mol. The van der Waals surface area contributed by atoms with Gasteiger partial charge in [-0.05, 0) is 55.5 Å². The van der Waals surface area contributed by atoms with Gasteiger partial charge in [0.25, 0.3) is 0 Å². The number of aromatic nitrogens is 3. The lowest BCUT2D eigenvalue weighted by Crippen LogP contribution is -2.23. The number of rotatable bonds is 7. The van der Waals surface area contributed by atoms with E-state index in [1.165, 1.54) is 11.8 Å². The van der Waals surface area contributed by atoms with E-state index in [0.29, 0.717) is 6.04 Å². The first kappa shape index (κ1) is 19.0. The van der Waals surface area contributed by atoms with Crippen LogP contribution in [0, 0.1) is 0 Å². The highest BCUT2D eigenvalue weighted by Gasteiger charge is 2.31. The van der Waals surface area contributed by atoms with Gasteiger partial charge in [-0.25, -0.2) is 0 Å². The summed E-state index contributed by atoms with van der Waals surface area (Å²) in [6.07, 6.45) is 2.28. The molecule has 2 heterocycles. The summed E-state index contributed by atoms with van der Waals surface area (Å²) < 4.78 is 2.20. The molecule has 146 valence electrons. The van der Waals surface area contributed by atoms with Gasteiger partial charge in [0.05, 0.1) is 10.1 Å². The monoisotopic (exact) mass is 413 g/mol. The van der Waals surface area contributed by atoms with Crippen LogP contribution < -0.4 is 10.2 Å². The summed E-state index contributed by atoms with van der Waals surface area (Å²) in [6, 6.07) is 12.4. The third kappa shape index (κ3) is 4.07. The molecular formula is C20H23N5OS2. The Hall–Kier alpha value is -2.32. The lowest BCUT2D eigenvalue weighted by Gasteiger charge is -2.15. The van der Waals surface area contributed by atoms with Crippen molar-refractivity contribution < 1.29 is 4.79 Å². The van der Waals surface area contributed by atoms with Crippen molar-refractivity contribution in [2.75, 3.05) is 24.3 Å². The molecule has 1 N–H and O–H groups in total. The number of carbonyl (C=O) groups is 1. The quantitative estimate of drug-likeness (QED) is 0.577. The fraction of sp³-hybridized carbons (Fsp3) is 0.350. The van der Waals surface area contributed by atoms with Crippen LogP contribution in [-0.4, -0.2) is 40.0 Å². The van der Waals surface area contributed by atoms with Crippen molar-refractivity contribution in [2.45, 2.75) is 36.2 Å². The molecule has 4 rings (SSSR count). The van der Waals surface area contributed by atoms with Crippen LogP contribution >= 0.6 is 23.1 Å². The number of hydrogen-bond donors (Lipinski definition) is 1. The first-order valence-electron chi connectivity index (χ1n) is 9.26. The van der Waals surface area contributed by atoms with Crippen molar-refractivity contribution in [2.24, 2.45) is 0 Å². The molecule has 1 aliphatic carbocycles. The number of carbonyl (C=O) groups excluding carboxylic acids is 1. The topological polar surface area (TPSA) is 63.1 Å². The highest BCUT2D eigenvalue weighted by atomic mass is 32.2. The third-order valence-electron chi connectivity index (χ3n) is 4.62. The first-order valence-corrected chi connectivity index (χ1v) is 11.0. The Kier molecular flexibility index (Phi) is 5.41. The summed E-state index contributed by atoms with van der Waals surface area (Å²) in [5, 5.41) is 14.4. The number of thiophene rings is 1. The lowest BCUT2D eigenvalue weighted by molar-refractivity contribution is -0.115. The molecule has 1 aromatic carbocycles. The molecule has 1 aliphatic rings. The van der Waals surface area contributed by atoms with Crippen LogP contribution in [0.15, 0.2) is 46.9 Å². The smallest absolute Gasteiger partial charge is 0.237 e. The molecule has 1 amide bonds. The van der Waals surface area contributed by atoms with Gasteiger partial charge in [-0.3, -0.25) is 9.36 Å². The van der Waals surface area contributed by atoms with E-state index in [1.54, 1.807) is 11.3 Å². The molecule has 0 spiro atoms. The summed E-state index contributed by atoms with van der Waals surface area (Å²) in [5.74, 6) is 0.873. The van der Waals surface area contributed by atoms with Gasteiger partial charge in [-0.15, -0.1) is 21.5 Å². The molecule has 0 saturated heterocycles. The van der Waals surface area contributed by atoms with Crippen molar-refractivity contribution >= 4 is 40.4 Å². The molecule has 1 unspecified atom stereocenters. The van der Waals surface area contributed by atoms with Crippen LogP contribution in [-0.2, 0) is 4.79 Å². The van der Waals surface area contributed by atoms with Gasteiger partial charge in [-0.2, -0.15) is 0 Å². The summed E-state index contributed by atoms with van der Waals surface area (Å²) in [4.78, 5) is 15.8. The van der Waals surface area contributed by atoms with Gasteiger partial charge in [0.2, 0.25) is 5.91 Å². The SMILES string of the molecule is CC(Sc1nnc(-c2cccs2)n1C1CC1)C(=O)Nc1ccc(N(C)C)cc1. The molecule has 1 saturated carbocycles. The zero-order valence-electron chi connectivity index (χ0n) is 16.1. The molecule has 0 bridgehead atoms. The van der Waals surface area contributed by atoms with E-state index in [0.717, 1.165) is 40.1 Å². The number of nitrogens with one attached hydrogen (secondary N) is 1. The van der Waals surface area contributed by atoms with E-state index in [1.807, 2.05) is 61.6 Å². The molecule has 1 fully saturated rings. The van der Waals surface area contributed by atoms with Gasteiger partial charge in [0, 0.05) is 31.5 Å². The molecule has 28 heavy (non-hydrogen) atoms. The van der Waals surface area contributed by atoms with E-state index in [4.69, 9.17) is 0 Å². The average Bonchev–Trinajstić information content (AvgIpc) is 3.20. The average molecular weight is 414 g/mol. The van der Waals surface area contributed by atoms with Crippen molar-refractivity contribution in [3.8, 4) is 10.7 Å². The van der Waals surface area contributed by atoms with Gasteiger partial charge in [-0.1, -0.05) is 17.8 Å². The normalized spacial score (nSPS) is 14.7. The molecule has 6 nitrogen and oxygen atoms in total. The van der Waals surface area contributed by atoms with E-state index in [9.17, 15) is 4.79 Å². The van der Waals surface area contributed by atoms with Gasteiger partial charge >= 0.3 is 0 Å². The van der Waals surface area contributed by atoms with Gasteiger partial charge in [0.15, 0.2) is 11.0 Å². The van der Waals surface area contributed by atoms with E-state index < -0.39 is 0 Å². The van der Waals surface area contributed by atoms with Crippen LogP contribution in [0.2, 0.25) is 0 Å². The minimum absolute atomic E-state index is 0.0365. The van der Waals surface area contributed by atoms with Crippen LogP contribution in [0.5, 0.6) is 0 Å². The van der Waals surface area contributed by atoms with Crippen LogP contribution in [0.25, 0.3) is 10.7 Å². The first-order chi connectivity index (χ1) is 13.5. The largest absolute Gasteiger partial charge is 0.378 e. The molecule has 2 aromatic heterocycles. The zero-order valence-corrected chi connectivity index (χ0v) is 17.8. The standard InChI is InChI=1S/C20H23N5OS2/c1-13(19(26)21-14-6-8-15(9-7-14)24(2)3)28-20-23-22-18(17-5-4-12-27-17)25(20)16-10-11-16/h4-9,12-13,16H,10-11H2,1-3H3,(H,21,26). The Morgan fingerprint density at radius 1 is 1.25 bits per heavy atom. The number of benzene rings is 1. The Morgan fingerprint density at radius 3 is 2.61 bits per heavy atom. The number of thioether (sulfide) groups is 1. The zero-order chi connectivity index (χ0) is 19.7. The molecule has 8 heteroatoms. The Balaban J connectivity index is 1.46. The second-order valence-electron chi connectivity index (χ2n) is 7.08. The predicted molar refractivity (Wildman–Crippen MR) is 116 cm³/mol. The number of nitrogens with zero attached hydrogens (tertiary/aromatic N) is 4. The molecule has 0 radical (unpaired) electrons. The van der Waals surface area contributed by atoms with Crippen molar-refractivity contribution in [1.29, 1.82) is 0 Å². The van der Waals surface area contributed by atoms with Crippen LogP contribution in [0.1, 0.15) is 25.8 Å². The highest BCUT2D eigenvalue weighted by Crippen LogP contribution is 2.42. The summed E-state index contributed by atoms with van der Waals surface area (Å²) in [6.45, 7) is 1.91. The summed E-state index contributed by atoms with van der Waals surface area (Å²) in [7, 11) is 3.99. The fourth-order valence-electron chi connectivity index (χ4n) is 2.89. The maximum Gasteiger partial charge on any atom is 0.237 e. The Labute approximate surface area is 173 Å². The van der Waals surface area contributed by atoms with Crippen molar-refractivity contribution in [3.63, 3.8) is 0 Å². The predicted octanol–water partition coefficient (Wildman–Crippen LogP) is 4.53. The summed E-state index contributed by atoms with van der Waals surface area (Å²) >= 11 is 3.13. The lowest BCUT2D eigenvalue weighted by atomic mass is 10.2. The Bertz CT molecular complexity index is 946. The molecule has 3 aromatic rings. The second kappa shape index (κ2) is 7.97. The maximum atomic E-state index is 12.7.